The summed E-state index contributed by atoms with van der Waals surface area (Å²) in [5.74, 6) is -1.37. The third kappa shape index (κ3) is 1.58. The molecule has 0 aromatic carbocycles. The molecule has 0 amide bonds. The van der Waals surface area contributed by atoms with Crippen molar-refractivity contribution >= 4 is 17.1 Å². The predicted molar refractivity (Wildman–Crippen MR) is 43.8 cm³/mol. The van der Waals surface area contributed by atoms with Crippen LogP contribution in [0.3, 0.4) is 0 Å². The Morgan fingerprint density at radius 1 is 1.44 bits per heavy atom. The van der Waals surface area contributed by atoms with Crippen LogP contribution in [0.1, 0.15) is 16.1 Å². The lowest BCUT2D eigenvalue weighted by Crippen LogP contribution is -2.06. The third-order valence-electron chi connectivity index (χ3n) is 1.85. The van der Waals surface area contributed by atoms with Gasteiger partial charge in [0.15, 0.2) is 5.69 Å². The van der Waals surface area contributed by atoms with Crippen LogP contribution in [0.5, 0.6) is 0 Å². The fourth-order valence-corrected chi connectivity index (χ4v) is 1.15. The van der Waals surface area contributed by atoms with E-state index in [0.29, 0.717) is 0 Å². The summed E-state index contributed by atoms with van der Waals surface area (Å²) >= 11 is 0. The Hall–Kier alpha value is -2.12. The minimum Gasteiger partial charge on any atom is -0.478 e. The van der Waals surface area contributed by atoms with Crippen molar-refractivity contribution in [3.05, 3.63) is 23.5 Å². The fourth-order valence-electron chi connectivity index (χ4n) is 1.15. The highest BCUT2D eigenvalue weighted by Crippen LogP contribution is 2.33. The average Bonchev–Trinajstić information content (AvgIpc) is 2.58. The molecule has 0 radical (unpaired) electrons. The highest BCUT2D eigenvalue weighted by Gasteiger charge is 2.37. The first kappa shape index (κ1) is 10.4. The van der Waals surface area contributed by atoms with Crippen molar-refractivity contribution in [1.82, 2.24) is 10.1 Å². The van der Waals surface area contributed by atoms with Gasteiger partial charge in [-0.25, -0.2) is 9.78 Å². The van der Waals surface area contributed by atoms with E-state index in [-0.39, 0.29) is 11.3 Å². The number of aromatic nitrogens is 2. The number of carboxylic acids is 1. The Balaban J connectivity index is 2.70. The van der Waals surface area contributed by atoms with Crippen LogP contribution in [-0.4, -0.2) is 21.2 Å². The smallest absolute Gasteiger partial charge is 0.437 e. The number of fused-ring (bicyclic) bond motifs is 1. The number of alkyl halides is 3. The minimum absolute atomic E-state index is 0.350. The number of carbonyl (C=O) groups is 1. The molecular weight excluding hydrogens is 229 g/mol. The van der Waals surface area contributed by atoms with Gasteiger partial charge in [0, 0.05) is 6.20 Å². The van der Waals surface area contributed by atoms with Crippen molar-refractivity contribution in [3.63, 3.8) is 0 Å². The van der Waals surface area contributed by atoms with Crippen molar-refractivity contribution < 1.29 is 27.6 Å². The van der Waals surface area contributed by atoms with Crippen molar-refractivity contribution in [1.29, 1.82) is 0 Å². The molecule has 0 unspecified atom stereocenters. The number of halogens is 3. The summed E-state index contributed by atoms with van der Waals surface area (Å²) < 4.78 is 41.5. The lowest BCUT2D eigenvalue weighted by Gasteiger charge is -2.00. The van der Waals surface area contributed by atoms with E-state index < -0.39 is 23.2 Å². The van der Waals surface area contributed by atoms with Crippen molar-refractivity contribution in [3.8, 4) is 0 Å². The summed E-state index contributed by atoms with van der Waals surface area (Å²) in [5.41, 5.74) is -1.99. The molecule has 2 heterocycles. The molecular formula is C8H3F3N2O3. The SMILES string of the molecule is O=C(O)c1cnc2onc(C(F)(F)F)c2c1. The second-order valence-corrected chi connectivity index (χ2v) is 2.91. The zero-order valence-corrected chi connectivity index (χ0v) is 7.45. The molecule has 8 heteroatoms. The minimum atomic E-state index is -4.70. The molecule has 84 valence electrons. The van der Waals surface area contributed by atoms with Gasteiger partial charge < -0.3 is 9.63 Å². The second-order valence-electron chi connectivity index (χ2n) is 2.91. The molecule has 0 fully saturated rings. The van der Waals surface area contributed by atoms with Crippen LogP contribution in [0.4, 0.5) is 13.2 Å². The van der Waals surface area contributed by atoms with Gasteiger partial charge in [0.05, 0.1) is 10.9 Å². The highest BCUT2D eigenvalue weighted by atomic mass is 19.4. The van der Waals surface area contributed by atoms with Crippen LogP contribution >= 0.6 is 0 Å². The van der Waals surface area contributed by atoms with Crippen molar-refractivity contribution in [2.24, 2.45) is 0 Å². The molecule has 0 aliphatic carbocycles. The first-order valence-electron chi connectivity index (χ1n) is 3.95. The quantitative estimate of drug-likeness (QED) is 0.812. The second kappa shape index (κ2) is 3.19. The molecule has 0 saturated carbocycles. The number of hydrogen-bond acceptors (Lipinski definition) is 4. The normalized spacial score (nSPS) is 11.9. The van der Waals surface area contributed by atoms with Crippen LogP contribution < -0.4 is 0 Å². The molecule has 0 atom stereocenters. The molecule has 5 nitrogen and oxygen atoms in total. The van der Waals surface area contributed by atoms with E-state index in [9.17, 15) is 18.0 Å². The van der Waals surface area contributed by atoms with E-state index >= 15 is 0 Å². The molecule has 0 aliphatic rings. The van der Waals surface area contributed by atoms with E-state index in [1.165, 1.54) is 0 Å². The summed E-state index contributed by atoms with van der Waals surface area (Å²) in [6.45, 7) is 0. The molecule has 0 aliphatic heterocycles. The van der Waals surface area contributed by atoms with E-state index in [4.69, 9.17) is 5.11 Å². The standard InChI is InChI=1S/C8H3F3N2O3/c9-8(10,11)5-4-1-3(7(14)15)2-12-6(4)16-13-5/h1-2H,(H,14,15). The average molecular weight is 232 g/mol. The molecule has 0 spiro atoms. The van der Waals surface area contributed by atoms with E-state index in [0.717, 1.165) is 12.3 Å². The number of nitrogens with zero attached hydrogens (tertiary/aromatic N) is 2. The molecule has 16 heavy (non-hydrogen) atoms. The summed E-state index contributed by atoms with van der Waals surface area (Å²) in [6.07, 6.45) is -3.81. The van der Waals surface area contributed by atoms with E-state index in [1.807, 2.05) is 0 Å². The maximum absolute atomic E-state index is 12.4. The van der Waals surface area contributed by atoms with Crippen LogP contribution in [0.15, 0.2) is 16.8 Å². The molecule has 2 aromatic heterocycles. The summed E-state index contributed by atoms with van der Waals surface area (Å²) in [7, 11) is 0. The third-order valence-corrected chi connectivity index (χ3v) is 1.85. The fraction of sp³-hybridized carbons (Fsp3) is 0.125. The Bertz CT molecular complexity index is 561. The van der Waals surface area contributed by atoms with Gasteiger partial charge in [-0.2, -0.15) is 13.2 Å². The zero-order chi connectivity index (χ0) is 11.9. The van der Waals surface area contributed by atoms with Gasteiger partial charge in [-0.05, 0) is 6.07 Å². The first-order chi connectivity index (χ1) is 7.39. The van der Waals surface area contributed by atoms with Gasteiger partial charge in [0.1, 0.15) is 0 Å². The lowest BCUT2D eigenvalue weighted by molar-refractivity contribution is -0.141. The van der Waals surface area contributed by atoms with E-state index in [2.05, 4.69) is 14.7 Å². The zero-order valence-electron chi connectivity index (χ0n) is 7.45. The topological polar surface area (TPSA) is 76.2 Å². The maximum Gasteiger partial charge on any atom is 0.437 e. The van der Waals surface area contributed by atoms with Crippen LogP contribution in [0.25, 0.3) is 11.1 Å². The molecule has 0 saturated heterocycles. The maximum atomic E-state index is 12.4. The van der Waals surface area contributed by atoms with Gasteiger partial charge in [-0.1, -0.05) is 5.16 Å². The number of aromatic carboxylic acids is 1. The van der Waals surface area contributed by atoms with Gasteiger partial charge >= 0.3 is 12.1 Å². The number of carboxylic acid groups (broad SMARTS) is 1. The van der Waals surface area contributed by atoms with Gasteiger partial charge in [0.25, 0.3) is 5.71 Å². The number of pyridine rings is 1. The first-order valence-corrected chi connectivity index (χ1v) is 3.95. The van der Waals surface area contributed by atoms with Crippen molar-refractivity contribution in [2.75, 3.05) is 0 Å². The Kier molecular flexibility index (Phi) is 2.07. The number of hydrogen-bond donors (Lipinski definition) is 1. The molecule has 1 N–H and O–H groups in total. The lowest BCUT2D eigenvalue weighted by atomic mass is 10.2. The monoisotopic (exact) mass is 232 g/mol. The Morgan fingerprint density at radius 3 is 2.69 bits per heavy atom. The molecule has 0 bridgehead atoms. The summed E-state index contributed by atoms with van der Waals surface area (Å²) in [5, 5.41) is 10.9. The van der Waals surface area contributed by atoms with Crippen LogP contribution in [0, 0.1) is 0 Å². The van der Waals surface area contributed by atoms with Crippen LogP contribution in [-0.2, 0) is 6.18 Å². The van der Waals surface area contributed by atoms with Gasteiger partial charge in [-0.3, -0.25) is 0 Å². The van der Waals surface area contributed by atoms with Crippen molar-refractivity contribution in [2.45, 2.75) is 6.18 Å². The Morgan fingerprint density at radius 2 is 2.12 bits per heavy atom. The predicted octanol–water partition coefficient (Wildman–Crippen LogP) is 1.94. The highest BCUT2D eigenvalue weighted by molar-refractivity contribution is 5.91. The van der Waals surface area contributed by atoms with E-state index in [1.54, 1.807) is 0 Å². The summed E-state index contributed by atoms with van der Waals surface area (Å²) in [4.78, 5) is 14.0. The largest absolute Gasteiger partial charge is 0.478 e. The Labute approximate surface area is 85.5 Å². The molecule has 2 rings (SSSR count). The van der Waals surface area contributed by atoms with Gasteiger partial charge in [0.2, 0.25) is 0 Å². The number of rotatable bonds is 1. The van der Waals surface area contributed by atoms with Crippen LogP contribution in [0.2, 0.25) is 0 Å². The molecule has 2 aromatic rings. The summed E-state index contributed by atoms with van der Waals surface area (Å²) in [6, 6.07) is 0.823. The van der Waals surface area contributed by atoms with Gasteiger partial charge in [-0.15, -0.1) is 0 Å².